The monoisotopic (exact) mass is 401 g/mol. The molecule has 0 radical (unpaired) electrons. The van der Waals surface area contributed by atoms with Crippen LogP contribution in [-0.4, -0.2) is 25.0 Å². The molecule has 0 saturated heterocycles. The summed E-state index contributed by atoms with van der Waals surface area (Å²) in [5.74, 6) is 0.634. The summed E-state index contributed by atoms with van der Waals surface area (Å²) in [6.45, 7) is 0. The Labute approximate surface area is 176 Å². The standard InChI is InChI=1S/C25H39NO3/c1-29-25(28)19-18-23(20-22-15-9-5-10-16-22)26-24(27)17-11-3-2-6-12-21-13-7-4-8-14-21/h4,7-8,13-14,22-23H,2-3,5-6,9-12,15-20H2,1H3,(H,26,27)/t23-/m0/s1. The van der Waals surface area contributed by atoms with Crippen molar-refractivity contribution in [2.45, 2.75) is 95.9 Å². The Morgan fingerprint density at radius 3 is 2.45 bits per heavy atom. The van der Waals surface area contributed by atoms with Crippen molar-refractivity contribution in [2.24, 2.45) is 5.92 Å². The third-order valence-corrected chi connectivity index (χ3v) is 6.09. The smallest absolute Gasteiger partial charge is 0.305 e. The number of carbonyl (C=O) groups is 2. The molecule has 29 heavy (non-hydrogen) atoms. The van der Waals surface area contributed by atoms with Gasteiger partial charge >= 0.3 is 5.97 Å². The number of amides is 1. The quantitative estimate of drug-likeness (QED) is 0.346. The van der Waals surface area contributed by atoms with E-state index >= 15 is 0 Å². The second-order valence-corrected chi connectivity index (χ2v) is 8.52. The van der Waals surface area contributed by atoms with Crippen LogP contribution in [0, 0.1) is 5.92 Å². The second kappa shape index (κ2) is 14.2. The highest BCUT2D eigenvalue weighted by atomic mass is 16.5. The molecule has 4 heteroatoms. The summed E-state index contributed by atoms with van der Waals surface area (Å²) in [5, 5.41) is 3.21. The first-order valence-electron chi connectivity index (χ1n) is 11.6. The lowest BCUT2D eigenvalue weighted by Crippen LogP contribution is -2.37. The number of hydrogen-bond acceptors (Lipinski definition) is 3. The maximum atomic E-state index is 12.4. The Hall–Kier alpha value is -1.84. The second-order valence-electron chi connectivity index (χ2n) is 8.52. The van der Waals surface area contributed by atoms with Crippen molar-refractivity contribution in [2.75, 3.05) is 7.11 Å². The van der Waals surface area contributed by atoms with Gasteiger partial charge in [0.25, 0.3) is 0 Å². The highest BCUT2D eigenvalue weighted by molar-refractivity contribution is 5.76. The fourth-order valence-electron chi connectivity index (χ4n) is 4.38. The van der Waals surface area contributed by atoms with E-state index in [1.807, 2.05) is 0 Å². The van der Waals surface area contributed by atoms with Gasteiger partial charge in [-0.2, -0.15) is 0 Å². The molecule has 1 saturated carbocycles. The SMILES string of the molecule is COC(=O)CC[C@@H](CC1CCCCC1)NC(=O)CCCCCCc1ccccc1. The summed E-state index contributed by atoms with van der Waals surface area (Å²) < 4.78 is 4.78. The van der Waals surface area contributed by atoms with Gasteiger partial charge < -0.3 is 10.1 Å². The van der Waals surface area contributed by atoms with Crippen molar-refractivity contribution >= 4 is 11.9 Å². The molecule has 0 bridgehead atoms. The van der Waals surface area contributed by atoms with Crippen molar-refractivity contribution in [3.05, 3.63) is 35.9 Å². The van der Waals surface area contributed by atoms with Gasteiger partial charge in [-0.25, -0.2) is 0 Å². The zero-order valence-corrected chi connectivity index (χ0v) is 18.2. The minimum Gasteiger partial charge on any atom is -0.469 e. The molecule has 162 valence electrons. The molecule has 0 aromatic heterocycles. The van der Waals surface area contributed by atoms with Gasteiger partial charge in [-0.15, -0.1) is 0 Å². The summed E-state index contributed by atoms with van der Waals surface area (Å²) in [6, 6.07) is 10.7. The van der Waals surface area contributed by atoms with Crippen LogP contribution >= 0.6 is 0 Å². The lowest BCUT2D eigenvalue weighted by atomic mass is 9.84. The number of benzene rings is 1. The van der Waals surface area contributed by atoms with Crippen LogP contribution in [0.1, 0.15) is 89.0 Å². The lowest BCUT2D eigenvalue weighted by molar-refractivity contribution is -0.141. The molecule has 0 heterocycles. The van der Waals surface area contributed by atoms with Crippen molar-refractivity contribution in [3.63, 3.8) is 0 Å². The third kappa shape index (κ3) is 10.5. The Bertz CT molecular complexity index is 581. The first-order valence-corrected chi connectivity index (χ1v) is 11.6. The summed E-state index contributed by atoms with van der Waals surface area (Å²) in [4.78, 5) is 24.0. The van der Waals surface area contributed by atoms with Crippen LogP contribution in [0.2, 0.25) is 0 Å². The summed E-state index contributed by atoms with van der Waals surface area (Å²) in [5.41, 5.74) is 1.39. The van der Waals surface area contributed by atoms with Crippen LogP contribution in [0.5, 0.6) is 0 Å². The predicted octanol–water partition coefficient (Wildman–Crippen LogP) is 5.59. The molecule has 0 aliphatic heterocycles. The predicted molar refractivity (Wildman–Crippen MR) is 118 cm³/mol. The Morgan fingerprint density at radius 1 is 1.00 bits per heavy atom. The highest BCUT2D eigenvalue weighted by Crippen LogP contribution is 2.28. The van der Waals surface area contributed by atoms with Crippen LogP contribution in [0.15, 0.2) is 30.3 Å². The van der Waals surface area contributed by atoms with E-state index in [-0.39, 0.29) is 17.9 Å². The van der Waals surface area contributed by atoms with Gasteiger partial charge in [0.15, 0.2) is 0 Å². The summed E-state index contributed by atoms with van der Waals surface area (Å²) in [6.07, 6.45) is 14.6. The number of unbranched alkanes of at least 4 members (excludes halogenated alkanes) is 3. The van der Waals surface area contributed by atoms with E-state index in [2.05, 4.69) is 35.6 Å². The fourth-order valence-corrected chi connectivity index (χ4v) is 4.38. The van der Waals surface area contributed by atoms with E-state index in [1.165, 1.54) is 51.2 Å². The van der Waals surface area contributed by atoms with Gasteiger partial charge in [0, 0.05) is 18.9 Å². The van der Waals surface area contributed by atoms with Gasteiger partial charge in [0.2, 0.25) is 5.91 Å². The molecule has 1 amide bonds. The van der Waals surface area contributed by atoms with E-state index in [0.29, 0.717) is 25.2 Å². The number of aryl methyl sites for hydroxylation is 1. The Balaban J connectivity index is 1.63. The van der Waals surface area contributed by atoms with Crippen molar-refractivity contribution in [1.29, 1.82) is 0 Å². The average Bonchev–Trinajstić information content (AvgIpc) is 2.75. The van der Waals surface area contributed by atoms with Crippen LogP contribution in [-0.2, 0) is 20.7 Å². The van der Waals surface area contributed by atoms with Gasteiger partial charge in [-0.05, 0) is 43.6 Å². The number of carbonyl (C=O) groups excluding carboxylic acids is 2. The maximum absolute atomic E-state index is 12.4. The molecule has 1 aliphatic carbocycles. The van der Waals surface area contributed by atoms with Gasteiger partial charge in [0.1, 0.15) is 0 Å². The van der Waals surface area contributed by atoms with Crippen molar-refractivity contribution in [3.8, 4) is 0 Å². The van der Waals surface area contributed by atoms with Crippen LogP contribution < -0.4 is 5.32 Å². The van der Waals surface area contributed by atoms with Gasteiger partial charge in [0.05, 0.1) is 7.11 Å². The first kappa shape index (κ1) is 23.4. The maximum Gasteiger partial charge on any atom is 0.305 e. The van der Waals surface area contributed by atoms with Gasteiger partial charge in [-0.3, -0.25) is 9.59 Å². The van der Waals surface area contributed by atoms with Crippen LogP contribution in [0.4, 0.5) is 0 Å². The van der Waals surface area contributed by atoms with Crippen molar-refractivity contribution in [1.82, 2.24) is 5.32 Å². The van der Waals surface area contributed by atoms with Crippen LogP contribution in [0.25, 0.3) is 0 Å². The first-order chi connectivity index (χ1) is 14.2. The van der Waals surface area contributed by atoms with Gasteiger partial charge in [-0.1, -0.05) is 75.3 Å². The summed E-state index contributed by atoms with van der Waals surface area (Å²) in [7, 11) is 1.43. The molecule has 1 aliphatic rings. The Kier molecular flexibility index (Phi) is 11.5. The number of nitrogens with one attached hydrogen (secondary N) is 1. The number of methoxy groups -OCH3 is 1. The largest absolute Gasteiger partial charge is 0.469 e. The van der Waals surface area contributed by atoms with Crippen LogP contribution in [0.3, 0.4) is 0 Å². The van der Waals surface area contributed by atoms with E-state index in [0.717, 1.165) is 32.1 Å². The molecule has 1 aromatic carbocycles. The molecule has 0 spiro atoms. The minimum absolute atomic E-state index is 0.0998. The third-order valence-electron chi connectivity index (χ3n) is 6.09. The molecule has 1 N–H and O–H groups in total. The highest BCUT2D eigenvalue weighted by Gasteiger charge is 2.21. The molecular weight excluding hydrogens is 362 g/mol. The minimum atomic E-state index is -0.189. The molecule has 1 atom stereocenters. The van der Waals surface area contributed by atoms with E-state index < -0.39 is 0 Å². The zero-order chi connectivity index (χ0) is 20.7. The van der Waals surface area contributed by atoms with E-state index in [4.69, 9.17) is 4.74 Å². The number of esters is 1. The lowest BCUT2D eigenvalue weighted by Gasteiger charge is -2.27. The number of ether oxygens (including phenoxy) is 1. The molecule has 0 unspecified atom stereocenters. The topological polar surface area (TPSA) is 55.4 Å². The van der Waals surface area contributed by atoms with E-state index in [1.54, 1.807) is 0 Å². The number of rotatable bonds is 13. The van der Waals surface area contributed by atoms with Crippen molar-refractivity contribution < 1.29 is 14.3 Å². The average molecular weight is 402 g/mol. The Morgan fingerprint density at radius 2 is 1.72 bits per heavy atom. The normalized spacial score (nSPS) is 15.6. The molecular formula is C25H39NO3. The molecule has 2 rings (SSSR count). The zero-order valence-electron chi connectivity index (χ0n) is 18.2. The molecule has 4 nitrogen and oxygen atoms in total. The fraction of sp³-hybridized carbons (Fsp3) is 0.680. The molecule has 1 aromatic rings. The summed E-state index contributed by atoms with van der Waals surface area (Å²) >= 11 is 0. The van der Waals surface area contributed by atoms with E-state index in [9.17, 15) is 9.59 Å². The number of hydrogen-bond donors (Lipinski definition) is 1. The molecule has 1 fully saturated rings.